The van der Waals surface area contributed by atoms with E-state index < -0.39 is 0 Å². The van der Waals surface area contributed by atoms with Gasteiger partial charge in [0.15, 0.2) is 6.61 Å². The van der Waals surface area contributed by atoms with E-state index in [9.17, 15) is 4.79 Å². The number of nitrogens with zero attached hydrogens (tertiary/aromatic N) is 1. The third-order valence-corrected chi connectivity index (χ3v) is 5.03. The number of benzene rings is 2. The first-order valence-corrected chi connectivity index (χ1v) is 9.18. The molecule has 1 N–H and O–H groups in total. The van der Waals surface area contributed by atoms with Crippen molar-refractivity contribution in [1.29, 1.82) is 5.26 Å². The van der Waals surface area contributed by atoms with Crippen LogP contribution < -0.4 is 10.1 Å². The number of carbonyl (C=O) groups is 1. The molecule has 1 saturated carbocycles. The topological polar surface area (TPSA) is 62.1 Å². The van der Waals surface area contributed by atoms with Gasteiger partial charge in [-0.05, 0) is 54.2 Å². The largest absolute Gasteiger partial charge is 0.484 e. The van der Waals surface area contributed by atoms with Crippen molar-refractivity contribution < 1.29 is 9.53 Å². The van der Waals surface area contributed by atoms with Crippen molar-refractivity contribution in [2.24, 2.45) is 5.92 Å². The zero-order valence-corrected chi connectivity index (χ0v) is 15.1. The Morgan fingerprint density at radius 1 is 1.08 bits per heavy atom. The molecule has 0 aliphatic heterocycles. The predicted molar refractivity (Wildman–Crippen MR) is 102 cm³/mol. The highest BCUT2D eigenvalue weighted by molar-refractivity contribution is 5.78. The van der Waals surface area contributed by atoms with Crippen molar-refractivity contribution in [2.75, 3.05) is 6.61 Å². The van der Waals surface area contributed by atoms with E-state index in [1.807, 2.05) is 36.4 Å². The number of nitrogens with one attached hydrogen (secondary N) is 1. The van der Waals surface area contributed by atoms with Crippen molar-refractivity contribution in [2.45, 2.75) is 38.6 Å². The van der Waals surface area contributed by atoms with E-state index in [0.717, 1.165) is 17.5 Å². The van der Waals surface area contributed by atoms with Gasteiger partial charge in [0, 0.05) is 6.04 Å². The molecule has 4 heteroatoms. The van der Waals surface area contributed by atoms with E-state index in [1.165, 1.54) is 19.3 Å². The minimum atomic E-state index is -0.0556. The molecule has 0 bridgehead atoms. The minimum absolute atomic E-state index is 0.0411. The summed E-state index contributed by atoms with van der Waals surface area (Å²) >= 11 is 0. The van der Waals surface area contributed by atoms with Gasteiger partial charge < -0.3 is 10.1 Å². The molecule has 2 atom stereocenters. The SMILES string of the molecule is C[C@@H]1CCCC[C@@H]1NC(=O)COc1ccc(-c2ccc(C#N)cc2)cc1. The Balaban J connectivity index is 1.52. The Morgan fingerprint density at radius 2 is 1.69 bits per heavy atom. The number of nitriles is 1. The maximum Gasteiger partial charge on any atom is 0.258 e. The quantitative estimate of drug-likeness (QED) is 0.876. The van der Waals surface area contributed by atoms with Crippen LogP contribution in [0.4, 0.5) is 0 Å². The van der Waals surface area contributed by atoms with Crippen LogP contribution in [0.15, 0.2) is 48.5 Å². The highest BCUT2D eigenvalue weighted by Gasteiger charge is 2.22. The van der Waals surface area contributed by atoms with Crippen molar-refractivity contribution in [3.63, 3.8) is 0 Å². The summed E-state index contributed by atoms with van der Waals surface area (Å²) in [7, 11) is 0. The number of rotatable bonds is 5. The lowest BCUT2D eigenvalue weighted by atomic mass is 9.86. The van der Waals surface area contributed by atoms with Gasteiger partial charge in [-0.1, -0.05) is 44.0 Å². The Kier molecular flexibility index (Phi) is 5.91. The molecule has 0 radical (unpaired) electrons. The Labute approximate surface area is 154 Å². The molecule has 1 aliphatic rings. The first kappa shape index (κ1) is 18.0. The van der Waals surface area contributed by atoms with Gasteiger partial charge in [0.05, 0.1) is 11.6 Å². The van der Waals surface area contributed by atoms with Gasteiger partial charge in [-0.15, -0.1) is 0 Å². The molecular formula is C22H24N2O2. The first-order chi connectivity index (χ1) is 12.7. The molecule has 2 aromatic rings. The Morgan fingerprint density at radius 3 is 2.31 bits per heavy atom. The molecular weight excluding hydrogens is 324 g/mol. The summed E-state index contributed by atoms with van der Waals surface area (Å²) in [6, 6.07) is 17.5. The van der Waals surface area contributed by atoms with E-state index in [4.69, 9.17) is 10.00 Å². The van der Waals surface area contributed by atoms with Gasteiger partial charge in [-0.3, -0.25) is 4.79 Å². The van der Waals surface area contributed by atoms with Crippen molar-refractivity contribution >= 4 is 5.91 Å². The standard InChI is InChI=1S/C22H24N2O2/c1-16-4-2-3-5-21(16)24-22(25)15-26-20-12-10-19(11-13-20)18-8-6-17(14-23)7-9-18/h6-13,16,21H,2-5,15H2,1H3,(H,24,25)/t16-,21+/m1/s1. The van der Waals surface area contributed by atoms with Crippen LogP contribution in [0.3, 0.4) is 0 Å². The molecule has 26 heavy (non-hydrogen) atoms. The number of amides is 1. The summed E-state index contributed by atoms with van der Waals surface area (Å²) in [4.78, 5) is 12.1. The van der Waals surface area contributed by atoms with Crippen LogP contribution in [0, 0.1) is 17.2 Å². The molecule has 0 unspecified atom stereocenters. The van der Waals surface area contributed by atoms with Crippen molar-refractivity contribution in [1.82, 2.24) is 5.32 Å². The van der Waals surface area contributed by atoms with Crippen LogP contribution in [-0.2, 0) is 4.79 Å². The number of ether oxygens (including phenoxy) is 1. The Hall–Kier alpha value is -2.80. The Bertz CT molecular complexity index is 775. The minimum Gasteiger partial charge on any atom is -0.484 e. The van der Waals surface area contributed by atoms with E-state index in [1.54, 1.807) is 12.1 Å². The smallest absolute Gasteiger partial charge is 0.258 e. The molecule has 1 fully saturated rings. The predicted octanol–water partition coefficient (Wildman–Crippen LogP) is 4.30. The molecule has 134 valence electrons. The number of hydrogen-bond acceptors (Lipinski definition) is 3. The van der Waals surface area contributed by atoms with Crippen molar-refractivity contribution in [3.05, 3.63) is 54.1 Å². The van der Waals surface area contributed by atoms with E-state index in [0.29, 0.717) is 17.2 Å². The van der Waals surface area contributed by atoms with Gasteiger partial charge in [0.1, 0.15) is 5.75 Å². The molecule has 0 heterocycles. The van der Waals surface area contributed by atoms with E-state index in [-0.39, 0.29) is 18.6 Å². The van der Waals surface area contributed by atoms with Gasteiger partial charge >= 0.3 is 0 Å². The zero-order chi connectivity index (χ0) is 18.4. The highest BCUT2D eigenvalue weighted by atomic mass is 16.5. The lowest BCUT2D eigenvalue weighted by Crippen LogP contribution is -2.43. The van der Waals surface area contributed by atoms with Gasteiger partial charge in [0.25, 0.3) is 5.91 Å². The van der Waals surface area contributed by atoms with Crippen molar-refractivity contribution in [3.8, 4) is 22.9 Å². The van der Waals surface area contributed by atoms with E-state index in [2.05, 4.69) is 18.3 Å². The zero-order valence-electron chi connectivity index (χ0n) is 15.1. The van der Waals surface area contributed by atoms with Crippen LogP contribution in [0.5, 0.6) is 5.75 Å². The second kappa shape index (κ2) is 8.53. The lowest BCUT2D eigenvalue weighted by molar-refractivity contribution is -0.124. The maximum absolute atomic E-state index is 12.1. The summed E-state index contributed by atoms with van der Waals surface area (Å²) in [6.45, 7) is 2.24. The molecule has 0 aromatic heterocycles. The summed E-state index contributed by atoms with van der Waals surface area (Å²) < 4.78 is 5.62. The average Bonchev–Trinajstić information content (AvgIpc) is 2.69. The second-order valence-corrected chi connectivity index (χ2v) is 6.94. The molecule has 0 saturated heterocycles. The van der Waals surface area contributed by atoms with Crippen LogP contribution in [0.2, 0.25) is 0 Å². The average molecular weight is 348 g/mol. The second-order valence-electron chi connectivity index (χ2n) is 6.94. The molecule has 0 spiro atoms. The maximum atomic E-state index is 12.1. The molecule has 2 aromatic carbocycles. The first-order valence-electron chi connectivity index (χ1n) is 9.18. The molecule has 1 amide bonds. The van der Waals surface area contributed by atoms with Crippen LogP contribution >= 0.6 is 0 Å². The summed E-state index contributed by atoms with van der Waals surface area (Å²) in [5.74, 6) is 1.16. The summed E-state index contributed by atoms with van der Waals surface area (Å²) in [5, 5.41) is 12.0. The van der Waals surface area contributed by atoms with E-state index >= 15 is 0 Å². The van der Waals surface area contributed by atoms with Crippen LogP contribution in [0.25, 0.3) is 11.1 Å². The molecule has 4 nitrogen and oxygen atoms in total. The lowest BCUT2D eigenvalue weighted by Gasteiger charge is -2.29. The monoisotopic (exact) mass is 348 g/mol. The van der Waals surface area contributed by atoms with Gasteiger partial charge in [-0.2, -0.15) is 5.26 Å². The van der Waals surface area contributed by atoms with Gasteiger partial charge in [-0.25, -0.2) is 0 Å². The summed E-state index contributed by atoms with van der Waals surface area (Å²) in [5.41, 5.74) is 2.73. The normalized spacial score (nSPS) is 19.4. The van der Waals surface area contributed by atoms with Gasteiger partial charge in [0.2, 0.25) is 0 Å². The summed E-state index contributed by atoms with van der Waals surface area (Å²) in [6.07, 6.45) is 4.69. The third-order valence-electron chi connectivity index (χ3n) is 5.03. The third kappa shape index (κ3) is 4.64. The fraction of sp³-hybridized carbons (Fsp3) is 0.364. The number of hydrogen-bond donors (Lipinski definition) is 1. The van der Waals surface area contributed by atoms with Crippen LogP contribution in [-0.4, -0.2) is 18.6 Å². The molecule has 1 aliphatic carbocycles. The van der Waals surface area contributed by atoms with Crippen LogP contribution in [0.1, 0.15) is 38.2 Å². The highest BCUT2D eigenvalue weighted by Crippen LogP contribution is 2.24. The number of carbonyl (C=O) groups excluding carboxylic acids is 1. The molecule has 3 rings (SSSR count). The fourth-order valence-electron chi connectivity index (χ4n) is 3.41. The fourth-order valence-corrected chi connectivity index (χ4v) is 3.41.